The van der Waals surface area contributed by atoms with Crippen molar-refractivity contribution in [3.05, 3.63) is 41.5 Å². The van der Waals surface area contributed by atoms with Crippen LogP contribution in [0.5, 0.6) is 5.75 Å². The van der Waals surface area contributed by atoms with Crippen LogP contribution in [0, 0.1) is 5.41 Å². The summed E-state index contributed by atoms with van der Waals surface area (Å²) in [5.41, 5.74) is 2.35. The Bertz CT molecular complexity index is 724. The lowest BCUT2D eigenvalue weighted by molar-refractivity contribution is -0.0216. The Hall–Kier alpha value is -1.58. The van der Waals surface area contributed by atoms with E-state index in [0.29, 0.717) is 6.42 Å². The van der Waals surface area contributed by atoms with Crippen LogP contribution in [0.4, 0.5) is 0 Å². The Morgan fingerprint density at radius 2 is 1.95 bits per heavy atom. The van der Waals surface area contributed by atoms with Gasteiger partial charge in [-0.15, -0.1) is 0 Å². The molecule has 1 fully saturated rings. The molecule has 3 N–H and O–H groups in total. The normalized spacial score (nSPS) is 34.7. The molecule has 0 amide bonds. The Balaban J connectivity index is 1.91. The summed E-state index contributed by atoms with van der Waals surface area (Å²) in [6, 6.07) is 9.66. The Labute approximate surface area is 123 Å². The minimum atomic E-state index is -0.633. The smallest absolute Gasteiger partial charge is 0.116 e. The molecule has 0 aliphatic heterocycles. The Kier molecular flexibility index (Phi) is 2.63. The zero-order chi connectivity index (χ0) is 14.8. The molecule has 4 atom stereocenters. The van der Waals surface area contributed by atoms with Gasteiger partial charge in [0.1, 0.15) is 5.75 Å². The van der Waals surface area contributed by atoms with Gasteiger partial charge in [-0.05, 0) is 59.2 Å². The minimum absolute atomic E-state index is 0.212. The summed E-state index contributed by atoms with van der Waals surface area (Å²) in [5, 5.41) is 32.3. The fourth-order valence-corrected chi connectivity index (χ4v) is 4.49. The van der Waals surface area contributed by atoms with Crippen LogP contribution < -0.4 is 0 Å². The molecule has 4 rings (SSSR count). The minimum Gasteiger partial charge on any atom is -0.508 e. The molecular weight excluding hydrogens is 264 g/mol. The highest BCUT2D eigenvalue weighted by molar-refractivity contribution is 5.88. The summed E-state index contributed by atoms with van der Waals surface area (Å²) in [6.45, 7) is 2.10. The number of aliphatic hydroxyl groups is 2. The van der Waals surface area contributed by atoms with Gasteiger partial charge in [0, 0.05) is 5.41 Å². The highest BCUT2D eigenvalue weighted by Gasteiger charge is 2.53. The van der Waals surface area contributed by atoms with E-state index in [-0.39, 0.29) is 17.1 Å². The monoisotopic (exact) mass is 284 g/mol. The molecule has 2 aliphatic carbocycles. The molecule has 1 saturated carbocycles. The first-order valence-electron chi connectivity index (χ1n) is 7.61. The van der Waals surface area contributed by atoms with Gasteiger partial charge in [0.15, 0.2) is 0 Å². The number of phenolic OH excluding ortho intramolecular Hbond substituents is 1. The highest BCUT2D eigenvalue weighted by atomic mass is 16.3. The van der Waals surface area contributed by atoms with Crippen molar-refractivity contribution in [3.8, 4) is 5.75 Å². The van der Waals surface area contributed by atoms with Crippen molar-refractivity contribution < 1.29 is 15.3 Å². The van der Waals surface area contributed by atoms with Gasteiger partial charge in [0.25, 0.3) is 0 Å². The van der Waals surface area contributed by atoms with Crippen LogP contribution in [0.1, 0.15) is 36.8 Å². The molecule has 0 spiro atoms. The van der Waals surface area contributed by atoms with Gasteiger partial charge in [-0.25, -0.2) is 0 Å². The number of aromatic hydroxyl groups is 1. The molecule has 0 bridgehead atoms. The van der Waals surface area contributed by atoms with Crippen LogP contribution in [0.15, 0.2) is 30.3 Å². The maximum Gasteiger partial charge on any atom is 0.116 e. The zero-order valence-corrected chi connectivity index (χ0v) is 12.1. The van der Waals surface area contributed by atoms with E-state index in [2.05, 4.69) is 13.0 Å². The molecule has 0 saturated heterocycles. The molecular formula is C18H20O3. The fraction of sp³-hybridized carbons (Fsp3) is 0.444. The molecule has 0 radical (unpaired) electrons. The number of benzene rings is 2. The quantitative estimate of drug-likeness (QED) is 0.697. The molecule has 0 unspecified atom stereocenters. The second-order valence-electron chi connectivity index (χ2n) is 6.85. The van der Waals surface area contributed by atoms with Crippen molar-refractivity contribution in [2.45, 2.75) is 44.3 Å². The van der Waals surface area contributed by atoms with Gasteiger partial charge in [0.2, 0.25) is 0 Å². The first-order chi connectivity index (χ1) is 10.0. The lowest BCUT2D eigenvalue weighted by atomic mass is 9.65. The van der Waals surface area contributed by atoms with Crippen LogP contribution in [0.2, 0.25) is 0 Å². The Morgan fingerprint density at radius 1 is 1.14 bits per heavy atom. The summed E-state index contributed by atoms with van der Waals surface area (Å²) < 4.78 is 0. The third-order valence-electron chi connectivity index (χ3n) is 5.75. The number of aliphatic hydroxyl groups excluding tert-OH is 2. The predicted molar refractivity (Wildman–Crippen MR) is 81.4 cm³/mol. The molecule has 21 heavy (non-hydrogen) atoms. The predicted octanol–water partition coefficient (Wildman–Crippen LogP) is 2.71. The SMILES string of the molecule is C[C@@]12CCc3c(ccc4cc(O)ccc34)[C@@H]1C[C@H](O)[C@@H]2O. The third-order valence-corrected chi connectivity index (χ3v) is 5.75. The molecule has 2 aromatic carbocycles. The molecule has 2 aromatic rings. The number of aryl methyl sites for hydroxylation is 1. The van der Waals surface area contributed by atoms with Gasteiger partial charge in [-0.1, -0.05) is 25.1 Å². The van der Waals surface area contributed by atoms with E-state index in [4.69, 9.17) is 0 Å². The van der Waals surface area contributed by atoms with Crippen molar-refractivity contribution >= 4 is 10.8 Å². The number of fused-ring (bicyclic) bond motifs is 5. The lowest BCUT2D eigenvalue weighted by Crippen LogP contribution is -2.38. The molecule has 110 valence electrons. The van der Waals surface area contributed by atoms with Crippen molar-refractivity contribution in [2.75, 3.05) is 0 Å². The molecule has 3 nitrogen and oxygen atoms in total. The maximum absolute atomic E-state index is 10.3. The Morgan fingerprint density at radius 3 is 2.76 bits per heavy atom. The lowest BCUT2D eigenvalue weighted by Gasteiger charge is -2.40. The van der Waals surface area contributed by atoms with Gasteiger partial charge in [-0.2, -0.15) is 0 Å². The number of rotatable bonds is 0. The van der Waals surface area contributed by atoms with Crippen molar-refractivity contribution in [1.29, 1.82) is 0 Å². The molecule has 0 aromatic heterocycles. The van der Waals surface area contributed by atoms with Crippen molar-refractivity contribution in [1.82, 2.24) is 0 Å². The fourth-order valence-electron chi connectivity index (χ4n) is 4.49. The van der Waals surface area contributed by atoms with E-state index in [0.717, 1.165) is 18.2 Å². The highest BCUT2D eigenvalue weighted by Crippen LogP contribution is 2.56. The third kappa shape index (κ3) is 1.68. The van der Waals surface area contributed by atoms with Crippen LogP contribution in [-0.2, 0) is 6.42 Å². The van der Waals surface area contributed by atoms with Crippen molar-refractivity contribution in [2.24, 2.45) is 5.41 Å². The summed E-state index contributed by atoms with van der Waals surface area (Å²) in [6.07, 6.45) is 1.18. The number of hydrogen-bond acceptors (Lipinski definition) is 3. The topological polar surface area (TPSA) is 60.7 Å². The van der Waals surface area contributed by atoms with E-state index in [1.807, 2.05) is 12.1 Å². The second-order valence-corrected chi connectivity index (χ2v) is 6.85. The first-order valence-corrected chi connectivity index (χ1v) is 7.61. The van der Waals surface area contributed by atoms with E-state index in [1.54, 1.807) is 12.1 Å². The number of hydrogen-bond donors (Lipinski definition) is 3. The van der Waals surface area contributed by atoms with Crippen LogP contribution in [0.3, 0.4) is 0 Å². The van der Waals surface area contributed by atoms with Crippen LogP contribution in [0.25, 0.3) is 10.8 Å². The zero-order valence-electron chi connectivity index (χ0n) is 12.1. The largest absolute Gasteiger partial charge is 0.508 e. The van der Waals surface area contributed by atoms with E-state index in [1.165, 1.54) is 16.5 Å². The van der Waals surface area contributed by atoms with Gasteiger partial charge in [-0.3, -0.25) is 0 Å². The maximum atomic E-state index is 10.3. The summed E-state index contributed by atoms with van der Waals surface area (Å²) >= 11 is 0. The van der Waals surface area contributed by atoms with E-state index in [9.17, 15) is 15.3 Å². The summed E-state index contributed by atoms with van der Waals surface area (Å²) in [5.74, 6) is 0.499. The van der Waals surface area contributed by atoms with Crippen molar-refractivity contribution in [3.63, 3.8) is 0 Å². The van der Waals surface area contributed by atoms with Gasteiger partial charge < -0.3 is 15.3 Å². The molecule has 0 heterocycles. The summed E-state index contributed by atoms with van der Waals surface area (Å²) in [4.78, 5) is 0. The van der Waals surface area contributed by atoms with Gasteiger partial charge in [0.05, 0.1) is 12.2 Å². The molecule has 2 aliphatic rings. The van der Waals surface area contributed by atoms with Crippen LogP contribution in [-0.4, -0.2) is 27.5 Å². The average Bonchev–Trinajstić information content (AvgIpc) is 2.70. The van der Waals surface area contributed by atoms with E-state index >= 15 is 0 Å². The van der Waals surface area contributed by atoms with Gasteiger partial charge >= 0.3 is 0 Å². The molecule has 3 heteroatoms. The first kappa shape index (κ1) is 13.1. The van der Waals surface area contributed by atoms with Crippen LogP contribution >= 0.6 is 0 Å². The second kappa shape index (κ2) is 4.21. The average molecular weight is 284 g/mol. The standard InChI is InChI=1S/C18H20O3/c1-18-7-6-13-12-5-3-11(19)8-10(12)2-4-14(13)15(18)9-16(20)17(18)21/h2-5,8,15-17,19-21H,6-7,9H2,1H3/t15-,16-,17-,18+/m0/s1. The number of phenols is 1. The van der Waals surface area contributed by atoms with E-state index < -0.39 is 12.2 Å². The summed E-state index contributed by atoms with van der Waals surface area (Å²) in [7, 11) is 0.